The van der Waals surface area contributed by atoms with E-state index in [0.29, 0.717) is 25.1 Å². The predicted molar refractivity (Wildman–Crippen MR) is 96.8 cm³/mol. The molecule has 1 aromatic rings. The maximum absolute atomic E-state index is 12.5. The molecule has 7 nitrogen and oxygen atoms in total. The van der Waals surface area contributed by atoms with Gasteiger partial charge >= 0.3 is 0 Å². The minimum Gasteiger partial charge on any atom is -0.384 e. The summed E-state index contributed by atoms with van der Waals surface area (Å²) >= 11 is 0. The van der Waals surface area contributed by atoms with Crippen molar-refractivity contribution in [1.29, 1.82) is 0 Å². The molecule has 1 saturated heterocycles. The van der Waals surface area contributed by atoms with Crippen molar-refractivity contribution in [3.05, 3.63) is 24.5 Å². The average Bonchev–Trinajstić information content (AvgIpc) is 2.54. The minimum absolute atomic E-state index is 0. The van der Waals surface area contributed by atoms with Gasteiger partial charge < -0.3 is 20.7 Å². The van der Waals surface area contributed by atoms with Gasteiger partial charge in [0.1, 0.15) is 0 Å². The fourth-order valence-corrected chi connectivity index (χ4v) is 2.61. The van der Waals surface area contributed by atoms with E-state index in [0.717, 1.165) is 13.1 Å². The van der Waals surface area contributed by atoms with Gasteiger partial charge in [-0.25, -0.2) is 0 Å². The molecule has 1 aliphatic rings. The van der Waals surface area contributed by atoms with Crippen molar-refractivity contribution in [1.82, 2.24) is 15.6 Å². The Kier molecular flexibility index (Phi) is 10.5. The Bertz CT molecular complexity index is 505. The number of piperidine rings is 1. The fraction of sp³-hybridized carbons (Fsp3) is 0.533. The highest BCUT2D eigenvalue weighted by molar-refractivity contribution is 5.95. The van der Waals surface area contributed by atoms with Gasteiger partial charge in [-0.2, -0.15) is 0 Å². The van der Waals surface area contributed by atoms with Crippen LogP contribution in [0.25, 0.3) is 0 Å². The van der Waals surface area contributed by atoms with Crippen molar-refractivity contribution in [3.63, 3.8) is 0 Å². The Morgan fingerprint density at radius 1 is 1.33 bits per heavy atom. The fourth-order valence-electron chi connectivity index (χ4n) is 2.61. The zero-order valence-electron chi connectivity index (χ0n) is 13.5. The molecule has 0 radical (unpaired) electrons. The number of pyridine rings is 1. The molecular formula is C15H24Cl2N4O3. The second-order valence-corrected chi connectivity index (χ2v) is 5.44. The van der Waals surface area contributed by atoms with E-state index < -0.39 is 5.41 Å². The summed E-state index contributed by atoms with van der Waals surface area (Å²) in [6.45, 7) is 1.86. The molecule has 1 aliphatic heterocycles. The van der Waals surface area contributed by atoms with E-state index in [9.17, 15) is 9.59 Å². The molecule has 1 fully saturated rings. The van der Waals surface area contributed by atoms with Gasteiger partial charge in [0.05, 0.1) is 30.5 Å². The van der Waals surface area contributed by atoms with Crippen LogP contribution in [0.1, 0.15) is 12.8 Å². The molecule has 24 heavy (non-hydrogen) atoms. The summed E-state index contributed by atoms with van der Waals surface area (Å²) in [7, 11) is 1.59. The summed E-state index contributed by atoms with van der Waals surface area (Å²) in [5.41, 5.74) is 0.0596. The van der Waals surface area contributed by atoms with E-state index in [2.05, 4.69) is 20.9 Å². The quantitative estimate of drug-likeness (QED) is 0.686. The molecule has 2 heterocycles. The Morgan fingerprint density at radius 3 is 2.62 bits per heavy atom. The van der Waals surface area contributed by atoms with Crippen LogP contribution >= 0.6 is 24.8 Å². The van der Waals surface area contributed by atoms with E-state index in [4.69, 9.17) is 4.74 Å². The summed E-state index contributed by atoms with van der Waals surface area (Å²) < 4.78 is 5.21. The average molecular weight is 379 g/mol. The molecule has 0 spiro atoms. The number of hydrogen-bond donors (Lipinski definition) is 3. The monoisotopic (exact) mass is 378 g/mol. The summed E-state index contributed by atoms with van der Waals surface area (Å²) in [6, 6.07) is 3.47. The third-order valence-electron chi connectivity index (χ3n) is 3.82. The molecule has 136 valence electrons. The first-order valence-corrected chi connectivity index (χ1v) is 7.34. The number of aromatic nitrogens is 1. The lowest BCUT2D eigenvalue weighted by Gasteiger charge is -2.35. The molecule has 0 bridgehead atoms. The van der Waals surface area contributed by atoms with Crippen molar-refractivity contribution in [2.45, 2.75) is 12.8 Å². The molecule has 0 atom stereocenters. The number of ether oxygens (including phenoxy) is 1. The lowest BCUT2D eigenvalue weighted by Crippen LogP contribution is -2.51. The van der Waals surface area contributed by atoms with Gasteiger partial charge in [0.25, 0.3) is 0 Å². The first-order valence-electron chi connectivity index (χ1n) is 7.34. The summed E-state index contributed by atoms with van der Waals surface area (Å²) in [6.07, 6.45) is 4.59. The number of methoxy groups -OCH3 is 1. The van der Waals surface area contributed by atoms with Gasteiger partial charge in [-0.15, -0.1) is 24.8 Å². The highest BCUT2D eigenvalue weighted by Crippen LogP contribution is 2.29. The van der Waals surface area contributed by atoms with Gasteiger partial charge in [0.2, 0.25) is 11.8 Å². The standard InChI is InChI=1S/C15H22N4O3.2ClH/c1-22-11-15(4-7-16-8-5-15)14(21)18-10-13(20)19-12-3-2-6-17-9-12;;/h2-3,6,9,16H,4-5,7-8,10-11H2,1H3,(H,18,21)(H,19,20);2*1H. The van der Waals surface area contributed by atoms with E-state index in [1.54, 1.807) is 31.6 Å². The normalized spacial score (nSPS) is 15.4. The van der Waals surface area contributed by atoms with E-state index >= 15 is 0 Å². The second-order valence-electron chi connectivity index (χ2n) is 5.44. The van der Waals surface area contributed by atoms with Crippen molar-refractivity contribution >= 4 is 42.3 Å². The smallest absolute Gasteiger partial charge is 0.243 e. The number of halogens is 2. The van der Waals surface area contributed by atoms with Crippen LogP contribution in [0, 0.1) is 5.41 Å². The summed E-state index contributed by atoms with van der Waals surface area (Å²) in [4.78, 5) is 28.2. The number of nitrogens with zero attached hydrogens (tertiary/aromatic N) is 1. The van der Waals surface area contributed by atoms with Gasteiger partial charge in [-0.3, -0.25) is 14.6 Å². The lowest BCUT2D eigenvalue weighted by atomic mass is 9.78. The maximum atomic E-state index is 12.5. The largest absolute Gasteiger partial charge is 0.384 e. The van der Waals surface area contributed by atoms with E-state index in [1.807, 2.05) is 0 Å². The van der Waals surface area contributed by atoms with E-state index in [1.165, 1.54) is 0 Å². The van der Waals surface area contributed by atoms with Crippen LogP contribution in [0.4, 0.5) is 5.69 Å². The van der Waals surface area contributed by atoms with Crippen LogP contribution in [0.5, 0.6) is 0 Å². The number of amides is 2. The van der Waals surface area contributed by atoms with E-state index in [-0.39, 0.29) is 43.2 Å². The number of carbonyl (C=O) groups excluding carboxylic acids is 2. The predicted octanol–water partition coefficient (Wildman–Crippen LogP) is 0.996. The Morgan fingerprint density at radius 2 is 2.04 bits per heavy atom. The first kappa shape index (κ1) is 22.6. The number of anilines is 1. The van der Waals surface area contributed by atoms with Crippen molar-refractivity contribution in [2.24, 2.45) is 5.41 Å². The molecule has 0 aliphatic carbocycles. The van der Waals surface area contributed by atoms with Crippen molar-refractivity contribution in [3.8, 4) is 0 Å². The zero-order chi connectivity index (χ0) is 15.8. The lowest BCUT2D eigenvalue weighted by molar-refractivity contribution is -0.137. The molecule has 0 aromatic carbocycles. The van der Waals surface area contributed by atoms with Gasteiger partial charge in [-0.1, -0.05) is 0 Å². The maximum Gasteiger partial charge on any atom is 0.243 e. The number of nitrogens with one attached hydrogen (secondary N) is 3. The third-order valence-corrected chi connectivity index (χ3v) is 3.82. The van der Waals surface area contributed by atoms with Crippen LogP contribution in [-0.2, 0) is 14.3 Å². The Labute approximate surface area is 154 Å². The highest BCUT2D eigenvalue weighted by atomic mass is 35.5. The van der Waals surface area contributed by atoms with Crippen molar-refractivity contribution < 1.29 is 14.3 Å². The minimum atomic E-state index is -0.547. The number of rotatable bonds is 6. The van der Waals surface area contributed by atoms with Crippen LogP contribution < -0.4 is 16.0 Å². The van der Waals surface area contributed by atoms with Gasteiger partial charge in [-0.05, 0) is 38.1 Å². The van der Waals surface area contributed by atoms with Crippen LogP contribution in [0.2, 0.25) is 0 Å². The molecule has 0 unspecified atom stereocenters. The number of hydrogen-bond acceptors (Lipinski definition) is 5. The first-order chi connectivity index (χ1) is 10.7. The zero-order valence-corrected chi connectivity index (χ0v) is 15.2. The third kappa shape index (κ3) is 6.24. The topological polar surface area (TPSA) is 92.3 Å². The summed E-state index contributed by atoms with van der Waals surface area (Å²) in [5.74, 6) is -0.403. The molecule has 2 amide bonds. The highest BCUT2D eigenvalue weighted by Gasteiger charge is 2.39. The molecule has 2 rings (SSSR count). The number of carbonyl (C=O) groups is 2. The van der Waals surface area contributed by atoms with Crippen LogP contribution in [0.15, 0.2) is 24.5 Å². The van der Waals surface area contributed by atoms with Crippen molar-refractivity contribution in [2.75, 3.05) is 38.7 Å². The molecule has 9 heteroatoms. The van der Waals surface area contributed by atoms with Gasteiger partial charge in [0, 0.05) is 13.3 Å². The van der Waals surface area contributed by atoms with Crippen LogP contribution in [-0.4, -0.2) is 50.1 Å². The molecule has 1 aromatic heterocycles. The van der Waals surface area contributed by atoms with Crippen LogP contribution in [0.3, 0.4) is 0 Å². The molecular weight excluding hydrogens is 355 g/mol. The molecule has 3 N–H and O–H groups in total. The summed E-state index contributed by atoms with van der Waals surface area (Å²) in [5, 5.41) is 8.63. The SMILES string of the molecule is COCC1(C(=O)NCC(=O)Nc2cccnc2)CCNCC1.Cl.Cl. The Balaban J connectivity index is 0.00000264. The molecule has 0 saturated carbocycles. The van der Waals surface area contributed by atoms with Gasteiger partial charge in [0.15, 0.2) is 0 Å². The Hall–Kier alpha value is -1.41. The second kappa shape index (κ2) is 11.2.